The standard InChI is InChI=1S/C26H22/c1-15-19-9-5-6-10-20(19)16(2)24-14-26-18(4)22-12-8-7-11-21(22)17(3)25(26)13-23(15)24/h5-14H,1-4H3. The molecule has 0 unspecified atom stereocenters. The number of aryl methyl sites for hydroxylation is 4. The van der Waals surface area contributed by atoms with Crippen LogP contribution in [0.15, 0.2) is 60.7 Å². The minimum atomic E-state index is 1.37. The van der Waals surface area contributed by atoms with E-state index in [-0.39, 0.29) is 0 Å². The molecule has 0 aliphatic carbocycles. The fourth-order valence-electron chi connectivity index (χ4n) is 4.70. The van der Waals surface area contributed by atoms with Crippen molar-refractivity contribution in [2.24, 2.45) is 0 Å². The molecule has 0 fully saturated rings. The van der Waals surface area contributed by atoms with Gasteiger partial charge in [-0.15, -0.1) is 0 Å². The van der Waals surface area contributed by atoms with Crippen molar-refractivity contribution in [1.29, 1.82) is 0 Å². The molecule has 26 heavy (non-hydrogen) atoms. The number of rotatable bonds is 0. The number of benzene rings is 5. The van der Waals surface area contributed by atoms with E-state index in [1.807, 2.05) is 0 Å². The fraction of sp³-hybridized carbons (Fsp3) is 0.154. The molecular weight excluding hydrogens is 312 g/mol. The van der Waals surface area contributed by atoms with Gasteiger partial charge in [-0.25, -0.2) is 0 Å². The maximum Gasteiger partial charge on any atom is -0.0139 e. The van der Waals surface area contributed by atoms with Gasteiger partial charge in [0.25, 0.3) is 0 Å². The molecule has 5 aromatic carbocycles. The van der Waals surface area contributed by atoms with E-state index in [9.17, 15) is 0 Å². The molecule has 5 aromatic rings. The van der Waals surface area contributed by atoms with Gasteiger partial charge in [0.15, 0.2) is 0 Å². The van der Waals surface area contributed by atoms with E-state index >= 15 is 0 Å². The molecule has 0 N–H and O–H groups in total. The summed E-state index contributed by atoms with van der Waals surface area (Å²) in [4.78, 5) is 0. The predicted molar refractivity (Wildman–Crippen MR) is 115 cm³/mol. The summed E-state index contributed by atoms with van der Waals surface area (Å²) in [6.45, 7) is 9.05. The van der Waals surface area contributed by atoms with Crippen LogP contribution in [0, 0.1) is 27.7 Å². The van der Waals surface area contributed by atoms with Gasteiger partial charge in [0, 0.05) is 0 Å². The third-order valence-corrected chi connectivity index (χ3v) is 6.24. The molecule has 0 nitrogen and oxygen atoms in total. The highest BCUT2D eigenvalue weighted by Crippen LogP contribution is 2.38. The Kier molecular flexibility index (Phi) is 3.15. The maximum atomic E-state index is 2.42. The Labute approximate surface area is 154 Å². The summed E-state index contributed by atoms with van der Waals surface area (Å²) in [5.74, 6) is 0. The molecule has 0 atom stereocenters. The molecule has 0 saturated heterocycles. The predicted octanol–water partition coefficient (Wildman–Crippen LogP) is 7.53. The van der Waals surface area contributed by atoms with Crippen LogP contribution in [0.2, 0.25) is 0 Å². The zero-order valence-electron chi connectivity index (χ0n) is 15.8. The van der Waals surface area contributed by atoms with Crippen LogP contribution < -0.4 is 0 Å². The van der Waals surface area contributed by atoms with Gasteiger partial charge in [0.2, 0.25) is 0 Å². The largest absolute Gasteiger partial charge is 0.0616 e. The van der Waals surface area contributed by atoms with Crippen molar-refractivity contribution in [3.63, 3.8) is 0 Å². The van der Waals surface area contributed by atoms with E-state index in [2.05, 4.69) is 88.4 Å². The molecule has 0 bridgehead atoms. The molecule has 5 rings (SSSR count). The van der Waals surface area contributed by atoms with E-state index in [1.54, 1.807) is 0 Å². The minimum Gasteiger partial charge on any atom is -0.0616 e. The molecule has 126 valence electrons. The van der Waals surface area contributed by atoms with Crippen LogP contribution in [0.25, 0.3) is 43.1 Å². The van der Waals surface area contributed by atoms with Crippen LogP contribution in [0.1, 0.15) is 22.3 Å². The Balaban J connectivity index is 2.08. The lowest BCUT2D eigenvalue weighted by molar-refractivity contribution is 1.50. The molecule has 0 aliphatic heterocycles. The summed E-state index contributed by atoms with van der Waals surface area (Å²) in [6, 6.07) is 22.4. The van der Waals surface area contributed by atoms with Gasteiger partial charge >= 0.3 is 0 Å². The Morgan fingerprint density at radius 3 is 0.808 bits per heavy atom. The van der Waals surface area contributed by atoms with Gasteiger partial charge in [-0.05, 0) is 105 Å². The van der Waals surface area contributed by atoms with Gasteiger partial charge in [-0.3, -0.25) is 0 Å². The lowest BCUT2D eigenvalue weighted by Crippen LogP contribution is -1.92. The molecule has 0 heteroatoms. The molecule has 0 heterocycles. The van der Waals surface area contributed by atoms with E-state index in [0.717, 1.165) is 0 Å². The van der Waals surface area contributed by atoms with Crippen LogP contribution in [-0.2, 0) is 0 Å². The van der Waals surface area contributed by atoms with Crippen molar-refractivity contribution >= 4 is 43.1 Å². The zero-order chi connectivity index (χ0) is 18.0. The van der Waals surface area contributed by atoms with Crippen LogP contribution in [0.3, 0.4) is 0 Å². The first-order valence-electron chi connectivity index (χ1n) is 9.31. The van der Waals surface area contributed by atoms with Crippen LogP contribution >= 0.6 is 0 Å². The van der Waals surface area contributed by atoms with Gasteiger partial charge in [0.05, 0.1) is 0 Å². The average molecular weight is 334 g/mol. The van der Waals surface area contributed by atoms with E-state index in [1.165, 1.54) is 65.3 Å². The molecule has 0 radical (unpaired) electrons. The van der Waals surface area contributed by atoms with Gasteiger partial charge in [-0.1, -0.05) is 48.5 Å². The summed E-state index contributed by atoms with van der Waals surface area (Å²) in [5, 5.41) is 11.0. The highest BCUT2D eigenvalue weighted by Gasteiger charge is 2.13. The van der Waals surface area contributed by atoms with Gasteiger partial charge in [0.1, 0.15) is 0 Å². The van der Waals surface area contributed by atoms with Crippen molar-refractivity contribution in [1.82, 2.24) is 0 Å². The minimum absolute atomic E-state index is 1.37. The maximum absolute atomic E-state index is 2.42. The summed E-state index contributed by atoms with van der Waals surface area (Å²) >= 11 is 0. The molecule has 0 aliphatic rings. The molecular formula is C26H22. The monoisotopic (exact) mass is 334 g/mol. The van der Waals surface area contributed by atoms with E-state index in [4.69, 9.17) is 0 Å². The van der Waals surface area contributed by atoms with E-state index < -0.39 is 0 Å². The second kappa shape index (κ2) is 5.32. The Morgan fingerprint density at radius 1 is 0.346 bits per heavy atom. The molecule has 0 saturated carbocycles. The second-order valence-corrected chi connectivity index (χ2v) is 7.53. The molecule has 0 aromatic heterocycles. The number of fused-ring (bicyclic) bond motifs is 4. The second-order valence-electron chi connectivity index (χ2n) is 7.53. The van der Waals surface area contributed by atoms with Crippen LogP contribution in [-0.4, -0.2) is 0 Å². The Hall–Kier alpha value is -2.86. The lowest BCUT2D eigenvalue weighted by Gasteiger charge is -2.17. The highest BCUT2D eigenvalue weighted by atomic mass is 14.2. The summed E-state index contributed by atoms with van der Waals surface area (Å²) < 4.78 is 0. The topological polar surface area (TPSA) is 0 Å². The number of hydrogen-bond acceptors (Lipinski definition) is 0. The van der Waals surface area contributed by atoms with Crippen LogP contribution in [0.5, 0.6) is 0 Å². The van der Waals surface area contributed by atoms with Crippen molar-refractivity contribution in [2.75, 3.05) is 0 Å². The zero-order valence-corrected chi connectivity index (χ0v) is 15.8. The first-order chi connectivity index (χ1) is 12.6. The van der Waals surface area contributed by atoms with Crippen molar-refractivity contribution < 1.29 is 0 Å². The average Bonchev–Trinajstić information content (AvgIpc) is 2.69. The van der Waals surface area contributed by atoms with E-state index in [0.29, 0.717) is 0 Å². The summed E-state index contributed by atoms with van der Waals surface area (Å²) in [7, 11) is 0. The third-order valence-electron chi connectivity index (χ3n) is 6.24. The SMILES string of the molecule is Cc1c2ccccc2c(C)c2cc3c(C)c4ccccc4c(C)c3cc12. The first-order valence-corrected chi connectivity index (χ1v) is 9.31. The van der Waals surface area contributed by atoms with Crippen molar-refractivity contribution in [3.05, 3.63) is 82.9 Å². The first kappa shape index (κ1) is 15.4. The van der Waals surface area contributed by atoms with Crippen LogP contribution in [0.4, 0.5) is 0 Å². The lowest BCUT2D eigenvalue weighted by atomic mass is 9.87. The summed E-state index contributed by atoms with van der Waals surface area (Å²) in [5.41, 5.74) is 5.53. The molecule has 0 spiro atoms. The smallest absolute Gasteiger partial charge is 0.0139 e. The quantitative estimate of drug-likeness (QED) is 0.257. The summed E-state index contributed by atoms with van der Waals surface area (Å²) in [6.07, 6.45) is 0. The Morgan fingerprint density at radius 2 is 0.577 bits per heavy atom. The Bertz CT molecular complexity index is 1150. The third kappa shape index (κ3) is 1.90. The van der Waals surface area contributed by atoms with Gasteiger partial charge in [-0.2, -0.15) is 0 Å². The normalized spacial score (nSPS) is 11.8. The molecule has 0 amide bonds. The number of hydrogen-bond donors (Lipinski definition) is 0. The van der Waals surface area contributed by atoms with Gasteiger partial charge < -0.3 is 0 Å². The fourth-order valence-corrected chi connectivity index (χ4v) is 4.70. The van der Waals surface area contributed by atoms with Crippen molar-refractivity contribution in [3.8, 4) is 0 Å². The highest BCUT2D eigenvalue weighted by molar-refractivity contribution is 6.14. The van der Waals surface area contributed by atoms with Crippen molar-refractivity contribution in [2.45, 2.75) is 27.7 Å².